The second-order valence-electron chi connectivity index (χ2n) is 7.70. The number of carbonyl (C=O) groups is 1. The summed E-state index contributed by atoms with van der Waals surface area (Å²) in [6, 6.07) is 8.65. The maximum atomic E-state index is 13.1. The highest BCUT2D eigenvalue weighted by molar-refractivity contribution is 7.92. The molecule has 9 nitrogen and oxygen atoms in total. The Bertz CT molecular complexity index is 1230. The van der Waals surface area contributed by atoms with E-state index in [2.05, 4.69) is 10.0 Å². The van der Waals surface area contributed by atoms with Crippen LogP contribution in [0.4, 0.5) is 17.1 Å². The Morgan fingerprint density at radius 1 is 1.06 bits per heavy atom. The number of sulfonamides is 2. The van der Waals surface area contributed by atoms with Gasteiger partial charge in [-0.15, -0.1) is 0 Å². The highest BCUT2D eigenvalue weighted by Gasteiger charge is 2.24. The zero-order valence-corrected chi connectivity index (χ0v) is 19.7. The van der Waals surface area contributed by atoms with Crippen molar-refractivity contribution in [1.82, 2.24) is 0 Å². The van der Waals surface area contributed by atoms with Crippen LogP contribution in [0.5, 0.6) is 0 Å². The number of aryl methyl sites for hydroxylation is 1. The van der Waals surface area contributed by atoms with Crippen molar-refractivity contribution in [2.75, 3.05) is 28.0 Å². The number of carbonyl (C=O) groups excluding carboxylic acids is 1. The number of nitrogens with zero attached hydrogens (tertiary/aromatic N) is 1. The zero-order valence-electron chi connectivity index (χ0n) is 18.1. The lowest BCUT2D eigenvalue weighted by Crippen LogP contribution is -2.33. The number of rotatable bonds is 8. The van der Waals surface area contributed by atoms with Crippen LogP contribution in [0, 0.1) is 0 Å². The van der Waals surface area contributed by atoms with Crippen LogP contribution in [0.1, 0.15) is 38.7 Å². The fourth-order valence-electron chi connectivity index (χ4n) is 3.61. The Morgan fingerprint density at radius 2 is 1.78 bits per heavy atom. The number of unbranched alkanes of at least 4 members (excludes halogenated alkanes) is 1. The van der Waals surface area contributed by atoms with Gasteiger partial charge in [0.1, 0.15) is 0 Å². The van der Waals surface area contributed by atoms with Gasteiger partial charge in [-0.1, -0.05) is 13.3 Å². The molecular weight excluding hydrogens is 452 g/mol. The molecule has 0 atom stereocenters. The molecular formula is C21H28N4O5S2. The Morgan fingerprint density at radius 3 is 2.44 bits per heavy atom. The number of hydrogen-bond donors (Lipinski definition) is 3. The summed E-state index contributed by atoms with van der Waals surface area (Å²) in [5, 5.41) is 8.36. The van der Waals surface area contributed by atoms with Gasteiger partial charge in [0.15, 0.2) is 0 Å². The number of hydrogen-bond acceptors (Lipinski definition) is 6. The summed E-state index contributed by atoms with van der Waals surface area (Å²) in [6.07, 6.45) is 3.20. The summed E-state index contributed by atoms with van der Waals surface area (Å²) < 4.78 is 52.4. The smallest absolute Gasteiger partial charge is 0.261 e. The van der Waals surface area contributed by atoms with Crippen molar-refractivity contribution in [3.05, 3.63) is 42.0 Å². The largest absolute Gasteiger partial charge is 0.383 e. The van der Waals surface area contributed by atoms with Gasteiger partial charge in [0.05, 0.1) is 21.2 Å². The number of nitrogens with one attached hydrogen (secondary N) is 2. The molecule has 32 heavy (non-hydrogen) atoms. The average Bonchev–Trinajstić information content (AvgIpc) is 2.73. The third-order valence-corrected chi connectivity index (χ3v) is 7.54. The van der Waals surface area contributed by atoms with Crippen molar-refractivity contribution in [2.45, 2.75) is 49.3 Å². The normalized spacial score (nSPS) is 14.0. The van der Waals surface area contributed by atoms with Crippen molar-refractivity contribution in [3.8, 4) is 0 Å². The maximum Gasteiger partial charge on any atom is 0.261 e. The molecule has 0 spiro atoms. The van der Waals surface area contributed by atoms with E-state index in [0.29, 0.717) is 30.9 Å². The minimum Gasteiger partial charge on any atom is -0.383 e. The van der Waals surface area contributed by atoms with Gasteiger partial charge >= 0.3 is 0 Å². The van der Waals surface area contributed by atoms with E-state index in [1.165, 1.54) is 31.2 Å². The van der Waals surface area contributed by atoms with E-state index in [4.69, 9.17) is 5.14 Å². The van der Waals surface area contributed by atoms with E-state index in [0.717, 1.165) is 24.8 Å². The monoisotopic (exact) mass is 480 g/mol. The van der Waals surface area contributed by atoms with E-state index in [1.54, 1.807) is 17.0 Å². The predicted molar refractivity (Wildman–Crippen MR) is 125 cm³/mol. The van der Waals surface area contributed by atoms with Gasteiger partial charge in [-0.3, -0.25) is 9.52 Å². The number of fused-ring (bicyclic) bond motifs is 1. The molecule has 0 fully saturated rings. The van der Waals surface area contributed by atoms with E-state index in [1.807, 2.05) is 6.92 Å². The molecule has 174 valence electrons. The molecule has 0 aromatic heterocycles. The Labute approximate surface area is 189 Å². The van der Waals surface area contributed by atoms with Crippen LogP contribution < -0.4 is 20.1 Å². The molecule has 11 heteroatoms. The van der Waals surface area contributed by atoms with Crippen molar-refractivity contribution < 1.29 is 21.6 Å². The first-order valence-electron chi connectivity index (χ1n) is 10.4. The highest BCUT2D eigenvalue weighted by Crippen LogP contribution is 2.32. The lowest BCUT2D eigenvalue weighted by Gasteiger charge is -2.29. The maximum absolute atomic E-state index is 13.1. The standard InChI is InChI=1S/C21H28N4O5S2/c1-3-4-11-23-19-9-7-17(31(22,27)28)14-20(19)24-32(29,30)18-8-10-21-16(13-18)6-5-12-25(21)15(2)26/h7-10,13-14,23-24H,3-6,11-12H2,1-2H3,(H2,22,27,28). The summed E-state index contributed by atoms with van der Waals surface area (Å²) in [7, 11) is -8.04. The molecule has 2 aromatic carbocycles. The summed E-state index contributed by atoms with van der Waals surface area (Å²) in [6.45, 7) is 4.70. The molecule has 1 aliphatic heterocycles. The Balaban J connectivity index is 1.97. The summed E-state index contributed by atoms with van der Waals surface area (Å²) in [4.78, 5) is 13.3. The van der Waals surface area contributed by atoms with Crippen molar-refractivity contribution in [3.63, 3.8) is 0 Å². The Kier molecular flexibility index (Phi) is 7.11. The van der Waals surface area contributed by atoms with Crippen LogP contribution >= 0.6 is 0 Å². The van der Waals surface area contributed by atoms with Crippen molar-refractivity contribution >= 4 is 43.0 Å². The molecule has 0 aliphatic carbocycles. The van der Waals surface area contributed by atoms with Gasteiger partial charge in [0.2, 0.25) is 15.9 Å². The third kappa shape index (κ3) is 5.40. The van der Waals surface area contributed by atoms with Crippen LogP contribution in [0.3, 0.4) is 0 Å². The van der Waals surface area contributed by atoms with Gasteiger partial charge in [-0.05, 0) is 61.2 Å². The molecule has 1 heterocycles. The van der Waals surface area contributed by atoms with E-state index >= 15 is 0 Å². The number of amides is 1. The second-order valence-corrected chi connectivity index (χ2v) is 10.9. The van der Waals surface area contributed by atoms with Gasteiger partial charge in [-0.2, -0.15) is 0 Å². The van der Waals surface area contributed by atoms with E-state index < -0.39 is 20.0 Å². The number of nitrogens with two attached hydrogens (primary N) is 1. The first kappa shape index (κ1) is 24.0. The second kappa shape index (κ2) is 9.47. The van der Waals surface area contributed by atoms with Crippen LogP contribution in [-0.2, 0) is 31.3 Å². The minimum absolute atomic E-state index is 0.0298. The summed E-state index contributed by atoms with van der Waals surface area (Å²) in [5.74, 6) is -0.0951. The first-order chi connectivity index (χ1) is 15.0. The van der Waals surface area contributed by atoms with Crippen LogP contribution in [0.25, 0.3) is 0 Å². The van der Waals surface area contributed by atoms with Crippen LogP contribution in [0.2, 0.25) is 0 Å². The van der Waals surface area contributed by atoms with E-state index in [9.17, 15) is 21.6 Å². The lowest BCUT2D eigenvalue weighted by atomic mass is 10.0. The first-order valence-corrected chi connectivity index (χ1v) is 13.4. The highest BCUT2D eigenvalue weighted by atomic mass is 32.2. The number of benzene rings is 2. The van der Waals surface area contributed by atoms with Gasteiger partial charge in [0.25, 0.3) is 10.0 Å². The van der Waals surface area contributed by atoms with Gasteiger partial charge in [0, 0.05) is 25.7 Å². The molecule has 2 aromatic rings. The van der Waals surface area contributed by atoms with Crippen LogP contribution in [0.15, 0.2) is 46.2 Å². The number of primary sulfonamides is 1. The molecule has 0 unspecified atom stereocenters. The average molecular weight is 481 g/mol. The molecule has 1 aliphatic rings. The molecule has 0 saturated carbocycles. The van der Waals surface area contributed by atoms with Crippen molar-refractivity contribution in [2.24, 2.45) is 5.14 Å². The molecule has 0 bridgehead atoms. The molecule has 0 radical (unpaired) electrons. The zero-order chi connectivity index (χ0) is 23.5. The molecule has 3 rings (SSSR count). The quantitative estimate of drug-likeness (QED) is 0.497. The predicted octanol–water partition coefficient (Wildman–Crippen LogP) is 2.65. The molecule has 0 saturated heterocycles. The fraction of sp³-hybridized carbons (Fsp3) is 0.381. The molecule has 1 amide bonds. The van der Waals surface area contributed by atoms with E-state index in [-0.39, 0.29) is 21.4 Å². The summed E-state index contributed by atoms with van der Waals surface area (Å²) >= 11 is 0. The third-order valence-electron chi connectivity index (χ3n) is 5.27. The Hall–Kier alpha value is -2.63. The van der Waals surface area contributed by atoms with Crippen LogP contribution in [-0.4, -0.2) is 35.8 Å². The van der Waals surface area contributed by atoms with Crippen molar-refractivity contribution in [1.29, 1.82) is 0 Å². The SMILES string of the molecule is CCCCNc1ccc(S(N)(=O)=O)cc1NS(=O)(=O)c1ccc2c(c1)CCCN2C(C)=O. The molecule has 4 N–H and O–H groups in total. The van der Waals surface area contributed by atoms with Gasteiger partial charge in [-0.25, -0.2) is 22.0 Å². The minimum atomic E-state index is -4.03. The fourth-order valence-corrected chi connectivity index (χ4v) is 5.27. The van der Waals surface area contributed by atoms with Gasteiger partial charge < -0.3 is 10.2 Å². The summed E-state index contributed by atoms with van der Waals surface area (Å²) in [5.41, 5.74) is 2.03. The topological polar surface area (TPSA) is 139 Å². The number of anilines is 3. The lowest BCUT2D eigenvalue weighted by molar-refractivity contribution is -0.116.